The van der Waals surface area contributed by atoms with Gasteiger partial charge in [0.1, 0.15) is 0 Å². The molecule has 4 heteroatoms. The summed E-state index contributed by atoms with van der Waals surface area (Å²) in [6, 6.07) is 8.01. The molecule has 110 valence electrons. The molecule has 1 aliphatic heterocycles. The van der Waals surface area contributed by atoms with E-state index in [4.69, 9.17) is 10.5 Å². The van der Waals surface area contributed by atoms with Crippen molar-refractivity contribution in [1.82, 2.24) is 4.90 Å². The molecule has 0 spiro atoms. The molecule has 2 aliphatic rings. The fourth-order valence-electron chi connectivity index (χ4n) is 3.45. The van der Waals surface area contributed by atoms with E-state index in [1.54, 1.807) is 0 Å². The minimum Gasteiger partial charge on any atom is -0.399 e. The summed E-state index contributed by atoms with van der Waals surface area (Å²) >= 11 is 0. The lowest BCUT2D eigenvalue weighted by atomic mass is 9.89. The van der Waals surface area contributed by atoms with Crippen LogP contribution in [0.4, 0.5) is 5.69 Å². The van der Waals surface area contributed by atoms with Crippen molar-refractivity contribution in [1.29, 1.82) is 0 Å². The lowest BCUT2D eigenvalue weighted by Crippen LogP contribution is -2.53. The normalized spacial score (nSPS) is 28.9. The summed E-state index contributed by atoms with van der Waals surface area (Å²) in [4.78, 5) is 2.41. The summed E-state index contributed by atoms with van der Waals surface area (Å²) in [5, 5.41) is 10.4. The third kappa shape index (κ3) is 2.97. The molecule has 0 radical (unpaired) electrons. The molecule has 1 heterocycles. The topological polar surface area (TPSA) is 58.7 Å². The van der Waals surface area contributed by atoms with Crippen molar-refractivity contribution in [3.05, 3.63) is 29.8 Å². The Morgan fingerprint density at radius 2 is 2.00 bits per heavy atom. The van der Waals surface area contributed by atoms with Crippen LogP contribution in [-0.2, 0) is 4.74 Å². The van der Waals surface area contributed by atoms with Gasteiger partial charge in [0.2, 0.25) is 0 Å². The fourth-order valence-corrected chi connectivity index (χ4v) is 3.45. The molecule has 1 saturated carbocycles. The summed E-state index contributed by atoms with van der Waals surface area (Å²) in [5.74, 6) is 0. The zero-order valence-electron chi connectivity index (χ0n) is 11.9. The predicted molar refractivity (Wildman–Crippen MR) is 79.4 cm³/mol. The molecule has 3 rings (SSSR count). The second kappa shape index (κ2) is 6.12. The maximum atomic E-state index is 10.4. The number of ether oxygens (including phenoxy) is 1. The molecule has 3 atom stereocenters. The van der Waals surface area contributed by atoms with Crippen molar-refractivity contribution in [2.45, 2.75) is 43.9 Å². The van der Waals surface area contributed by atoms with Crippen molar-refractivity contribution < 1.29 is 9.84 Å². The van der Waals surface area contributed by atoms with Gasteiger partial charge in [0, 0.05) is 24.8 Å². The maximum Gasteiger partial charge on any atom is 0.0917 e. The number of nitrogens with zero attached hydrogens (tertiary/aromatic N) is 1. The van der Waals surface area contributed by atoms with Gasteiger partial charge in [0.25, 0.3) is 0 Å². The summed E-state index contributed by atoms with van der Waals surface area (Å²) < 4.78 is 5.88. The molecule has 1 aromatic rings. The Bertz CT molecular complexity index is 433. The third-order valence-corrected chi connectivity index (χ3v) is 4.58. The van der Waals surface area contributed by atoms with Gasteiger partial charge in [-0.15, -0.1) is 0 Å². The van der Waals surface area contributed by atoms with E-state index < -0.39 is 6.10 Å². The highest BCUT2D eigenvalue weighted by molar-refractivity contribution is 5.39. The number of anilines is 1. The van der Waals surface area contributed by atoms with E-state index in [-0.39, 0.29) is 0 Å². The number of β-amino-alcohol motifs (C(OH)–C–C–N with tert-alkyl or cyclic N) is 1. The first-order chi connectivity index (χ1) is 9.74. The molecule has 0 amide bonds. The van der Waals surface area contributed by atoms with Crippen molar-refractivity contribution >= 4 is 5.69 Å². The van der Waals surface area contributed by atoms with E-state index in [1.165, 1.54) is 25.7 Å². The Morgan fingerprint density at radius 3 is 2.80 bits per heavy atom. The van der Waals surface area contributed by atoms with Crippen LogP contribution in [-0.4, -0.2) is 41.8 Å². The molecule has 1 aliphatic carbocycles. The number of nitrogen functional groups attached to an aromatic ring is 1. The molecule has 2 fully saturated rings. The van der Waals surface area contributed by atoms with Crippen molar-refractivity contribution in [3.63, 3.8) is 0 Å². The molecule has 0 bridgehead atoms. The van der Waals surface area contributed by atoms with E-state index in [2.05, 4.69) is 4.90 Å². The van der Waals surface area contributed by atoms with Crippen LogP contribution in [0.25, 0.3) is 0 Å². The molecular formula is C16H24N2O2. The van der Waals surface area contributed by atoms with Crippen molar-refractivity contribution in [2.24, 2.45) is 0 Å². The number of morpholine rings is 1. The van der Waals surface area contributed by atoms with Crippen molar-refractivity contribution in [2.75, 3.05) is 25.4 Å². The highest BCUT2D eigenvalue weighted by Crippen LogP contribution is 2.29. The molecule has 3 unspecified atom stereocenters. The van der Waals surface area contributed by atoms with Gasteiger partial charge >= 0.3 is 0 Å². The number of aliphatic hydroxyl groups is 1. The second-order valence-corrected chi connectivity index (χ2v) is 5.94. The van der Waals surface area contributed by atoms with Crippen LogP contribution in [0.2, 0.25) is 0 Å². The number of hydrogen-bond donors (Lipinski definition) is 2. The Kier molecular flexibility index (Phi) is 4.24. The van der Waals surface area contributed by atoms with Gasteiger partial charge in [-0.2, -0.15) is 0 Å². The molecule has 4 nitrogen and oxygen atoms in total. The van der Waals surface area contributed by atoms with E-state index in [0.717, 1.165) is 24.4 Å². The molecule has 0 aromatic heterocycles. The molecular weight excluding hydrogens is 252 g/mol. The predicted octanol–water partition coefficient (Wildman–Crippen LogP) is 1.95. The lowest BCUT2D eigenvalue weighted by Gasteiger charge is -2.44. The Morgan fingerprint density at radius 1 is 1.25 bits per heavy atom. The van der Waals surface area contributed by atoms with Crippen LogP contribution in [0.1, 0.15) is 37.4 Å². The zero-order valence-corrected chi connectivity index (χ0v) is 11.9. The highest BCUT2D eigenvalue weighted by atomic mass is 16.5. The monoisotopic (exact) mass is 276 g/mol. The first-order valence-corrected chi connectivity index (χ1v) is 7.63. The average molecular weight is 276 g/mol. The van der Waals surface area contributed by atoms with Crippen molar-refractivity contribution in [3.8, 4) is 0 Å². The summed E-state index contributed by atoms with van der Waals surface area (Å²) in [7, 11) is 0. The molecule has 20 heavy (non-hydrogen) atoms. The smallest absolute Gasteiger partial charge is 0.0917 e. The third-order valence-electron chi connectivity index (χ3n) is 4.58. The van der Waals surface area contributed by atoms with Crippen LogP contribution in [0.5, 0.6) is 0 Å². The number of fused-ring (bicyclic) bond motifs is 1. The highest BCUT2D eigenvalue weighted by Gasteiger charge is 2.34. The number of hydrogen-bond acceptors (Lipinski definition) is 4. The first kappa shape index (κ1) is 13.9. The van der Waals surface area contributed by atoms with E-state index in [0.29, 0.717) is 18.7 Å². The SMILES string of the molecule is Nc1ccc(C(O)CN2CCOC3CCCCC32)cc1. The summed E-state index contributed by atoms with van der Waals surface area (Å²) in [5.41, 5.74) is 7.37. The minimum atomic E-state index is -0.448. The van der Waals surface area contributed by atoms with Crippen LogP contribution >= 0.6 is 0 Å². The van der Waals surface area contributed by atoms with Crippen LogP contribution in [0.15, 0.2) is 24.3 Å². The number of aliphatic hydroxyl groups excluding tert-OH is 1. The van der Waals surface area contributed by atoms with E-state index in [1.807, 2.05) is 24.3 Å². The zero-order chi connectivity index (χ0) is 13.9. The van der Waals surface area contributed by atoms with Gasteiger partial charge in [-0.1, -0.05) is 25.0 Å². The summed E-state index contributed by atoms with van der Waals surface area (Å²) in [6.45, 7) is 2.40. The van der Waals surface area contributed by atoms with E-state index >= 15 is 0 Å². The summed E-state index contributed by atoms with van der Waals surface area (Å²) in [6.07, 6.45) is 4.83. The Hall–Kier alpha value is -1.10. The second-order valence-electron chi connectivity index (χ2n) is 5.94. The Balaban J connectivity index is 1.65. The van der Waals surface area contributed by atoms with Gasteiger partial charge < -0.3 is 15.6 Å². The molecule has 1 saturated heterocycles. The van der Waals surface area contributed by atoms with Crippen LogP contribution in [0.3, 0.4) is 0 Å². The van der Waals surface area contributed by atoms with Gasteiger partial charge in [-0.25, -0.2) is 0 Å². The van der Waals surface area contributed by atoms with Gasteiger partial charge in [0.15, 0.2) is 0 Å². The first-order valence-electron chi connectivity index (χ1n) is 7.63. The Labute approximate surface area is 120 Å². The molecule has 3 N–H and O–H groups in total. The quantitative estimate of drug-likeness (QED) is 0.828. The van der Waals surface area contributed by atoms with Gasteiger partial charge in [-0.05, 0) is 30.5 Å². The number of nitrogens with two attached hydrogens (primary N) is 1. The van der Waals surface area contributed by atoms with Crippen LogP contribution in [0, 0.1) is 0 Å². The number of rotatable bonds is 3. The minimum absolute atomic E-state index is 0.371. The van der Waals surface area contributed by atoms with E-state index in [9.17, 15) is 5.11 Å². The lowest BCUT2D eigenvalue weighted by molar-refractivity contribution is -0.0974. The van der Waals surface area contributed by atoms with Crippen LogP contribution < -0.4 is 5.73 Å². The maximum absolute atomic E-state index is 10.4. The van der Waals surface area contributed by atoms with Gasteiger partial charge in [0.05, 0.1) is 18.8 Å². The number of benzene rings is 1. The standard InChI is InChI=1S/C16H24N2O2/c17-13-7-5-12(6-8-13)15(19)11-18-9-10-20-16-4-2-1-3-14(16)18/h5-8,14-16,19H,1-4,9-11,17H2. The largest absolute Gasteiger partial charge is 0.399 e. The average Bonchev–Trinajstić information content (AvgIpc) is 2.48. The van der Waals surface area contributed by atoms with Gasteiger partial charge in [-0.3, -0.25) is 4.90 Å². The fraction of sp³-hybridized carbons (Fsp3) is 0.625. The molecule has 1 aromatic carbocycles.